The van der Waals surface area contributed by atoms with Crippen molar-refractivity contribution in [3.8, 4) is 0 Å². The molecule has 1 atom stereocenters. The van der Waals surface area contributed by atoms with E-state index in [0.717, 1.165) is 0 Å². The van der Waals surface area contributed by atoms with Gasteiger partial charge in [-0.3, -0.25) is 0 Å². The molecule has 7 heteroatoms. The molecule has 0 saturated carbocycles. The number of nitrogens with one attached hydrogen (secondary N) is 1. The molecule has 2 heterocycles. The number of aromatic nitrogens is 2. The summed E-state index contributed by atoms with van der Waals surface area (Å²) in [6, 6.07) is 1.70. The van der Waals surface area contributed by atoms with Crippen molar-refractivity contribution in [2.45, 2.75) is 30.9 Å². The lowest BCUT2D eigenvalue weighted by Gasteiger charge is -2.17. The zero-order valence-electron chi connectivity index (χ0n) is 10.6. The first-order valence-corrected chi connectivity index (χ1v) is 7.23. The van der Waals surface area contributed by atoms with Crippen molar-refractivity contribution < 1.29 is 9.47 Å². The maximum Gasteiger partial charge on any atom is 0.190 e. The van der Waals surface area contributed by atoms with Gasteiger partial charge in [0, 0.05) is 12.6 Å². The van der Waals surface area contributed by atoms with Crippen LogP contribution in [0.4, 0.5) is 5.82 Å². The minimum Gasteiger partial charge on any atom is -0.367 e. The molecular formula is C11H16ClN3O2S. The van der Waals surface area contributed by atoms with E-state index in [1.54, 1.807) is 6.07 Å². The third kappa shape index (κ3) is 3.71. The predicted octanol–water partition coefficient (Wildman–Crippen LogP) is 2.42. The van der Waals surface area contributed by atoms with Gasteiger partial charge >= 0.3 is 0 Å². The normalized spacial score (nSPS) is 22.1. The summed E-state index contributed by atoms with van der Waals surface area (Å²) >= 11 is 7.36. The molecular weight excluding hydrogens is 274 g/mol. The van der Waals surface area contributed by atoms with Crippen LogP contribution in [0.15, 0.2) is 11.2 Å². The van der Waals surface area contributed by atoms with Gasteiger partial charge in [-0.25, -0.2) is 9.97 Å². The summed E-state index contributed by atoms with van der Waals surface area (Å²) < 4.78 is 11.2. The molecule has 1 aliphatic rings. The van der Waals surface area contributed by atoms with Crippen LogP contribution in [0.25, 0.3) is 0 Å². The molecule has 1 fully saturated rings. The Morgan fingerprint density at radius 1 is 1.56 bits per heavy atom. The number of thioether (sulfide) groups is 1. The van der Waals surface area contributed by atoms with Gasteiger partial charge in [0.1, 0.15) is 17.1 Å². The highest BCUT2D eigenvalue weighted by atomic mass is 35.5. The largest absolute Gasteiger partial charge is 0.367 e. The summed E-state index contributed by atoms with van der Waals surface area (Å²) in [7, 11) is 0. The minimum atomic E-state index is -0.500. The van der Waals surface area contributed by atoms with E-state index >= 15 is 0 Å². The lowest BCUT2D eigenvalue weighted by Crippen LogP contribution is -2.26. The van der Waals surface area contributed by atoms with Gasteiger partial charge in [0.15, 0.2) is 10.9 Å². The lowest BCUT2D eigenvalue weighted by atomic mass is 10.3. The van der Waals surface area contributed by atoms with Gasteiger partial charge in [-0.2, -0.15) is 0 Å². The van der Waals surface area contributed by atoms with Gasteiger partial charge in [0.05, 0.1) is 6.61 Å². The number of anilines is 1. The van der Waals surface area contributed by atoms with E-state index in [9.17, 15) is 0 Å². The van der Waals surface area contributed by atoms with E-state index in [1.165, 1.54) is 11.8 Å². The van der Waals surface area contributed by atoms with Crippen LogP contribution in [0.1, 0.15) is 13.8 Å². The van der Waals surface area contributed by atoms with Gasteiger partial charge in [-0.1, -0.05) is 23.4 Å². The van der Waals surface area contributed by atoms with Crippen LogP contribution in [0.2, 0.25) is 5.15 Å². The topological polar surface area (TPSA) is 56.3 Å². The highest BCUT2D eigenvalue weighted by molar-refractivity contribution is 7.98. The number of halogens is 1. The van der Waals surface area contributed by atoms with Crippen molar-refractivity contribution in [2.24, 2.45) is 0 Å². The van der Waals surface area contributed by atoms with Gasteiger partial charge in [0.25, 0.3) is 0 Å². The zero-order valence-corrected chi connectivity index (χ0v) is 12.1. The highest BCUT2D eigenvalue weighted by Gasteiger charge is 2.32. The molecule has 18 heavy (non-hydrogen) atoms. The van der Waals surface area contributed by atoms with Crippen molar-refractivity contribution in [3.63, 3.8) is 0 Å². The Balaban J connectivity index is 1.92. The summed E-state index contributed by atoms with van der Waals surface area (Å²) in [5.41, 5.74) is 0. The van der Waals surface area contributed by atoms with Crippen molar-refractivity contribution in [2.75, 3.05) is 24.7 Å². The Bertz CT molecular complexity index is 431. The fourth-order valence-electron chi connectivity index (χ4n) is 1.66. The Labute approximate surface area is 116 Å². The quantitative estimate of drug-likeness (QED) is 0.522. The minimum absolute atomic E-state index is 0.0199. The third-order valence-corrected chi connectivity index (χ3v) is 3.18. The number of nitrogens with zero attached hydrogens (tertiary/aromatic N) is 2. The molecule has 0 aliphatic carbocycles. The Hall–Kier alpha value is -0.560. The van der Waals surface area contributed by atoms with Gasteiger partial charge in [0.2, 0.25) is 0 Å². The standard InChI is InChI=1S/C11H16ClN3O2S/c1-11(2)16-6-7(17-11)5-13-9-4-8(12)14-10(15-9)18-3/h4,7H,5-6H2,1-3H3,(H,13,14,15). The van der Waals surface area contributed by atoms with Crippen molar-refractivity contribution in [3.05, 3.63) is 11.2 Å². The second-order valence-electron chi connectivity index (χ2n) is 4.39. The molecule has 1 unspecified atom stereocenters. The van der Waals surface area contributed by atoms with Crippen LogP contribution in [-0.2, 0) is 9.47 Å². The van der Waals surface area contributed by atoms with Crippen LogP contribution >= 0.6 is 23.4 Å². The molecule has 0 spiro atoms. The van der Waals surface area contributed by atoms with E-state index < -0.39 is 5.79 Å². The molecule has 1 saturated heterocycles. The monoisotopic (exact) mass is 289 g/mol. The van der Waals surface area contributed by atoms with E-state index in [1.807, 2.05) is 20.1 Å². The Morgan fingerprint density at radius 3 is 2.94 bits per heavy atom. The molecule has 0 aromatic carbocycles. The number of ether oxygens (including phenoxy) is 2. The second-order valence-corrected chi connectivity index (χ2v) is 5.55. The van der Waals surface area contributed by atoms with E-state index in [0.29, 0.717) is 29.3 Å². The molecule has 1 aliphatic heterocycles. The van der Waals surface area contributed by atoms with E-state index in [2.05, 4.69) is 15.3 Å². The fraction of sp³-hybridized carbons (Fsp3) is 0.636. The van der Waals surface area contributed by atoms with Crippen LogP contribution in [0.3, 0.4) is 0 Å². The molecule has 1 aromatic rings. The van der Waals surface area contributed by atoms with E-state index in [4.69, 9.17) is 21.1 Å². The first-order chi connectivity index (χ1) is 8.48. The zero-order chi connectivity index (χ0) is 13.2. The van der Waals surface area contributed by atoms with Gasteiger partial charge < -0.3 is 14.8 Å². The number of hydrogen-bond acceptors (Lipinski definition) is 6. The second kappa shape index (κ2) is 5.61. The first-order valence-electron chi connectivity index (χ1n) is 5.63. The summed E-state index contributed by atoms with van der Waals surface area (Å²) in [6.45, 7) is 5.01. The summed E-state index contributed by atoms with van der Waals surface area (Å²) in [5.74, 6) is 0.202. The molecule has 0 bridgehead atoms. The van der Waals surface area contributed by atoms with Crippen molar-refractivity contribution >= 4 is 29.2 Å². The van der Waals surface area contributed by atoms with Crippen LogP contribution in [0, 0.1) is 0 Å². The van der Waals surface area contributed by atoms with Crippen molar-refractivity contribution in [1.29, 1.82) is 0 Å². The van der Waals surface area contributed by atoms with Crippen molar-refractivity contribution in [1.82, 2.24) is 9.97 Å². The molecule has 0 amide bonds. The van der Waals surface area contributed by atoms with Gasteiger partial charge in [-0.15, -0.1) is 0 Å². The SMILES string of the molecule is CSc1nc(Cl)cc(NCC2COC(C)(C)O2)n1. The summed E-state index contributed by atoms with van der Waals surface area (Å²) in [6.07, 6.45) is 1.93. The third-order valence-electron chi connectivity index (χ3n) is 2.44. The first kappa shape index (κ1) is 13.9. The maximum absolute atomic E-state index is 5.91. The smallest absolute Gasteiger partial charge is 0.190 e. The molecule has 0 radical (unpaired) electrons. The summed E-state index contributed by atoms with van der Waals surface area (Å²) in [5, 5.41) is 4.26. The average molecular weight is 290 g/mol. The van der Waals surface area contributed by atoms with Gasteiger partial charge in [-0.05, 0) is 20.1 Å². The lowest BCUT2D eigenvalue weighted by molar-refractivity contribution is -0.136. The van der Waals surface area contributed by atoms with Crippen LogP contribution < -0.4 is 5.32 Å². The molecule has 100 valence electrons. The predicted molar refractivity (Wildman–Crippen MR) is 72.2 cm³/mol. The average Bonchev–Trinajstić information content (AvgIpc) is 2.65. The number of hydrogen-bond donors (Lipinski definition) is 1. The number of rotatable bonds is 4. The van der Waals surface area contributed by atoms with Crippen LogP contribution in [0.5, 0.6) is 0 Å². The fourth-order valence-corrected chi connectivity index (χ4v) is 2.27. The highest BCUT2D eigenvalue weighted by Crippen LogP contribution is 2.23. The maximum atomic E-state index is 5.91. The molecule has 1 N–H and O–H groups in total. The Morgan fingerprint density at radius 2 is 2.33 bits per heavy atom. The molecule has 2 rings (SSSR count). The molecule has 1 aromatic heterocycles. The molecule has 5 nitrogen and oxygen atoms in total. The Kier molecular flexibility index (Phi) is 4.32. The summed E-state index contributed by atoms with van der Waals surface area (Å²) in [4.78, 5) is 8.39. The van der Waals surface area contributed by atoms with E-state index in [-0.39, 0.29) is 6.10 Å². The van der Waals surface area contributed by atoms with Crippen LogP contribution in [-0.4, -0.2) is 41.3 Å².